The van der Waals surface area contributed by atoms with Gasteiger partial charge in [-0.1, -0.05) is 26.0 Å². The van der Waals surface area contributed by atoms with E-state index in [1.807, 2.05) is 36.9 Å². The third kappa shape index (κ3) is 4.71. The van der Waals surface area contributed by atoms with Gasteiger partial charge in [-0.25, -0.2) is 4.79 Å². The summed E-state index contributed by atoms with van der Waals surface area (Å²) in [6, 6.07) is 6.95. The minimum absolute atomic E-state index is 0.0643. The summed E-state index contributed by atoms with van der Waals surface area (Å²) in [5.74, 6) is 0.641. The minimum atomic E-state index is -0.462. The number of nitrogens with zero attached hydrogens (tertiary/aromatic N) is 2. The number of hydrogen-bond donors (Lipinski definition) is 1. The maximum absolute atomic E-state index is 13.1. The third-order valence-corrected chi connectivity index (χ3v) is 7.55. The molecule has 1 aromatic carbocycles. The van der Waals surface area contributed by atoms with Gasteiger partial charge in [0.05, 0.1) is 14.2 Å². The second-order valence-corrected chi connectivity index (χ2v) is 10.0. The highest BCUT2D eigenvalue weighted by atomic mass is 32.1. The summed E-state index contributed by atoms with van der Waals surface area (Å²) < 4.78 is 16.1. The highest BCUT2D eigenvalue weighted by molar-refractivity contribution is 7.80. The standard InChI is InChI=1S/C25H33N3O5S/c1-16(2)20(23(30)32-4)26-24(34)28-13-10-25(15-28)8-11-27(12-9-25)22(29)19-14-17-6-5-7-18(31-3)21(17)33-19/h5-7,14,16,20H,8-13,15H2,1-4H3,(H,26,34). The van der Waals surface area contributed by atoms with Gasteiger partial charge >= 0.3 is 5.97 Å². The van der Waals surface area contributed by atoms with Crippen molar-refractivity contribution in [3.05, 3.63) is 30.0 Å². The number of carbonyl (C=O) groups excluding carboxylic acids is 2. The summed E-state index contributed by atoms with van der Waals surface area (Å²) in [4.78, 5) is 29.2. The maximum atomic E-state index is 13.1. The van der Waals surface area contributed by atoms with Crippen molar-refractivity contribution in [3.63, 3.8) is 0 Å². The zero-order valence-electron chi connectivity index (χ0n) is 20.3. The average Bonchev–Trinajstić information content (AvgIpc) is 3.46. The summed E-state index contributed by atoms with van der Waals surface area (Å²) in [7, 11) is 2.98. The van der Waals surface area contributed by atoms with Crippen LogP contribution >= 0.6 is 12.2 Å². The van der Waals surface area contributed by atoms with Crippen LogP contribution in [0.3, 0.4) is 0 Å². The van der Waals surface area contributed by atoms with Crippen molar-refractivity contribution in [1.82, 2.24) is 15.1 Å². The molecule has 3 heterocycles. The molecule has 1 N–H and O–H groups in total. The molecule has 2 fully saturated rings. The Morgan fingerprint density at radius 3 is 2.41 bits per heavy atom. The van der Waals surface area contributed by atoms with Crippen LogP contribution in [-0.4, -0.2) is 73.2 Å². The van der Waals surface area contributed by atoms with Crippen molar-refractivity contribution in [3.8, 4) is 5.75 Å². The average molecular weight is 488 g/mol. The van der Waals surface area contributed by atoms with Crippen molar-refractivity contribution < 1.29 is 23.5 Å². The van der Waals surface area contributed by atoms with Gasteiger partial charge in [0.15, 0.2) is 22.2 Å². The van der Waals surface area contributed by atoms with Gasteiger partial charge in [-0.3, -0.25) is 4.79 Å². The van der Waals surface area contributed by atoms with Crippen LogP contribution in [0.5, 0.6) is 5.75 Å². The zero-order chi connectivity index (χ0) is 24.5. The Kier molecular flexibility index (Phi) is 7.02. The molecule has 0 bridgehead atoms. The van der Waals surface area contributed by atoms with Crippen molar-refractivity contribution >= 4 is 40.2 Å². The molecule has 1 unspecified atom stereocenters. The van der Waals surface area contributed by atoms with Gasteiger partial charge in [0, 0.05) is 31.6 Å². The number of esters is 1. The fraction of sp³-hybridized carbons (Fsp3) is 0.560. The fourth-order valence-electron chi connectivity index (χ4n) is 5.01. The monoisotopic (exact) mass is 487 g/mol. The number of hydrogen-bond acceptors (Lipinski definition) is 6. The molecule has 1 aromatic heterocycles. The lowest BCUT2D eigenvalue weighted by Gasteiger charge is -2.39. The fourth-order valence-corrected chi connectivity index (χ4v) is 5.29. The lowest BCUT2D eigenvalue weighted by Crippen LogP contribution is -2.51. The predicted octanol–water partition coefficient (Wildman–Crippen LogP) is 3.44. The number of para-hydroxylation sites is 1. The van der Waals surface area contributed by atoms with Crippen molar-refractivity contribution in [2.75, 3.05) is 40.4 Å². The lowest BCUT2D eigenvalue weighted by atomic mass is 9.78. The number of methoxy groups -OCH3 is 2. The van der Waals surface area contributed by atoms with Gasteiger partial charge < -0.3 is 29.0 Å². The van der Waals surface area contributed by atoms with Crippen LogP contribution in [0.4, 0.5) is 0 Å². The number of nitrogens with one attached hydrogen (secondary N) is 1. The van der Waals surface area contributed by atoms with Crippen molar-refractivity contribution in [2.24, 2.45) is 11.3 Å². The summed E-state index contributed by atoms with van der Waals surface area (Å²) in [6.45, 7) is 6.96. The first-order valence-corrected chi connectivity index (χ1v) is 12.2. The highest BCUT2D eigenvalue weighted by Crippen LogP contribution is 2.41. The molecular formula is C25H33N3O5S. The van der Waals surface area contributed by atoms with Crippen LogP contribution in [0.2, 0.25) is 0 Å². The molecule has 184 valence electrons. The van der Waals surface area contributed by atoms with E-state index in [0.29, 0.717) is 35.3 Å². The van der Waals surface area contributed by atoms with E-state index in [2.05, 4.69) is 10.2 Å². The van der Waals surface area contributed by atoms with Crippen molar-refractivity contribution in [1.29, 1.82) is 0 Å². The van der Waals surface area contributed by atoms with Gasteiger partial charge in [-0.05, 0) is 54.9 Å². The second kappa shape index (κ2) is 9.82. The van der Waals surface area contributed by atoms with E-state index < -0.39 is 6.04 Å². The van der Waals surface area contributed by atoms with Crippen LogP contribution in [0.15, 0.2) is 28.7 Å². The van der Waals surface area contributed by atoms with E-state index in [1.165, 1.54) is 7.11 Å². The normalized spacial score (nSPS) is 18.4. The number of furan rings is 1. The van der Waals surface area contributed by atoms with Gasteiger partial charge in [-0.15, -0.1) is 0 Å². The number of likely N-dealkylation sites (tertiary alicyclic amines) is 2. The zero-order valence-corrected chi connectivity index (χ0v) is 21.1. The Morgan fingerprint density at radius 1 is 1.12 bits per heavy atom. The van der Waals surface area contributed by atoms with E-state index in [9.17, 15) is 9.59 Å². The smallest absolute Gasteiger partial charge is 0.328 e. The Labute approximate surface area is 205 Å². The molecule has 0 radical (unpaired) electrons. The Morgan fingerprint density at radius 2 is 1.79 bits per heavy atom. The summed E-state index contributed by atoms with van der Waals surface area (Å²) >= 11 is 5.63. The topological polar surface area (TPSA) is 84.2 Å². The van der Waals surface area contributed by atoms with Gasteiger partial charge in [0.25, 0.3) is 5.91 Å². The SMILES string of the molecule is COC(=O)C(NC(=S)N1CCC2(CCN(C(=O)c3cc4cccc(OC)c4o3)CC2)C1)C(C)C. The molecule has 34 heavy (non-hydrogen) atoms. The van der Waals surface area contributed by atoms with Crippen LogP contribution in [0.25, 0.3) is 11.0 Å². The molecule has 0 saturated carbocycles. The second-order valence-electron chi connectivity index (χ2n) is 9.65. The number of fused-ring (bicyclic) bond motifs is 1. The number of thiocarbonyl (C=S) groups is 1. The molecule has 2 saturated heterocycles. The molecule has 1 amide bonds. The summed E-state index contributed by atoms with van der Waals surface area (Å²) in [5, 5.41) is 4.65. The molecule has 4 rings (SSSR count). The van der Waals surface area contributed by atoms with Crippen LogP contribution in [0, 0.1) is 11.3 Å². The molecule has 1 spiro atoms. The number of piperidine rings is 1. The quantitative estimate of drug-likeness (QED) is 0.507. The Bertz CT molecular complexity index is 1070. The van der Waals surface area contributed by atoms with Gasteiger partial charge in [0.1, 0.15) is 6.04 Å². The van der Waals surface area contributed by atoms with Gasteiger partial charge in [-0.2, -0.15) is 0 Å². The van der Waals surface area contributed by atoms with E-state index in [4.69, 9.17) is 26.1 Å². The van der Waals surface area contributed by atoms with E-state index in [-0.39, 0.29) is 23.2 Å². The molecule has 1 atom stereocenters. The molecular weight excluding hydrogens is 454 g/mol. The first-order chi connectivity index (χ1) is 16.3. The van der Waals surface area contributed by atoms with Gasteiger partial charge in [0.2, 0.25) is 0 Å². The summed E-state index contributed by atoms with van der Waals surface area (Å²) in [5.41, 5.74) is 0.721. The van der Waals surface area contributed by atoms with Crippen LogP contribution < -0.4 is 10.1 Å². The number of ether oxygens (including phenoxy) is 2. The van der Waals surface area contributed by atoms with E-state index >= 15 is 0 Å². The number of amides is 1. The summed E-state index contributed by atoms with van der Waals surface area (Å²) in [6.07, 6.45) is 2.83. The molecule has 2 aromatic rings. The molecule has 2 aliphatic heterocycles. The molecule has 2 aliphatic rings. The highest BCUT2D eigenvalue weighted by Gasteiger charge is 2.43. The molecule has 9 heteroatoms. The number of carbonyl (C=O) groups is 2. The maximum Gasteiger partial charge on any atom is 0.328 e. The van der Waals surface area contributed by atoms with E-state index in [0.717, 1.165) is 37.7 Å². The van der Waals surface area contributed by atoms with Crippen molar-refractivity contribution in [2.45, 2.75) is 39.2 Å². The largest absolute Gasteiger partial charge is 0.493 e. The predicted molar refractivity (Wildman–Crippen MR) is 133 cm³/mol. The lowest BCUT2D eigenvalue weighted by molar-refractivity contribution is -0.143. The van der Waals surface area contributed by atoms with Crippen LogP contribution in [0.1, 0.15) is 43.7 Å². The first kappa shape index (κ1) is 24.3. The first-order valence-electron chi connectivity index (χ1n) is 11.8. The third-order valence-electron chi connectivity index (χ3n) is 7.18. The Hall–Kier alpha value is -2.81. The minimum Gasteiger partial charge on any atom is -0.493 e. The van der Waals surface area contributed by atoms with E-state index in [1.54, 1.807) is 13.2 Å². The Balaban J connectivity index is 1.36. The van der Waals surface area contributed by atoms with Crippen LogP contribution in [-0.2, 0) is 9.53 Å². The number of benzene rings is 1. The molecule has 8 nitrogen and oxygen atoms in total. The number of rotatable bonds is 5. The molecule has 0 aliphatic carbocycles.